The van der Waals surface area contributed by atoms with Crippen molar-refractivity contribution in [3.05, 3.63) is 36.4 Å². The number of aromatic nitrogens is 1. The first-order chi connectivity index (χ1) is 9.74. The highest BCUT2D eigenvalue weighted by Crippen LogP contribution is 2.14. The maximum Gasteiger partial charge on any atom is 0.224 e. The Hall–Kier alpha value is -2.10. The van der Waals surface area contributed by atoms with Gasteiger partial charge in [0.25, 0.3) is 0 Å². The van der Waals surface area contributed by atoms with Crippen molar-refractivity contribution in [2.45, 2.75) is 20.3 Å². The molecule has 0 saturated carbocycles. The second kappa shape index (κ2) is 6.89. The van der Waals surface area contributed by atoms with E-state index >= 15 is 0 Å². The Morgan fingerprint density at radius 1 is 1.15 bits per heavy atom. The van der Waals surface area contributed by atoms with E-state index in [-0.39, 0.29) is 5.91 Å². The van der Waals surface area contributed by atoms with Crippen LogP contribution in [0.15, 0.2) is 36.4 Å². The van der Waals surface area contributed by atoms with E-state index in [4.69, 9.17) is 0 Å². The average Bonchev–Trinajstić information content (AvgIpc) is 2.48. The number of pyridine rings is 1. The van der Waals surface area contributed by atoms with E-state index in [1.807, 2.05) is 55.1 Å². The first-order valence-corrected chi connectivity index (χ1v) is 7.12. The molecule has 4 nitrogen and oxygen atoms in total. The number of amides is 1. The summed E-state index contributed by atoms with van der Waals surface area (Å²) < 4.78 is 0. The first kappa shape index (κ1) is 14.3. The molecule has 2 rings (SSSR count). The van der Waals surface area contributed by atoms with E-state index in [1.54, 1.807) is 0 Å². The Morgan fingerprint density at radius 2 is 1.90 bits per heavy atom. The predicted octanol–water partition coefficient (Wildman–Crippen LogP) is 2.91. The zero-order valence-electron chi connectivity index (χ0n) is 12.1. The van der Waals surface area contributed by atoms with Gasteiger partial charge in [0.15, 0.2) is 0 Å². The fraction of sp³-hybridized carbons (Fsp3) is 0.375. The summed E-state index contributed by atoms with van der Waals surface area (Å²) in [7, 11) is 0. The first-order valence-electron chi connectivity index (χ1n) is 7.12. The Labute approximate surface area is 119 Å². The fourth-order valence-corrected chi connectivity index (χ4v) is 2.20. The largest absolute Gasteiger partial charge is 0.370 e. The van der Waals surface area contributed by atoms with Crippen LogP contribution in [0.2, 0.25) is 0 Å². The van der Waals surface area contributed by atoms with Crippen molar-refractivity contribution in [3.8, 4) is 0 Å². The maximum absolute atomic E-state index is 11.9. The molecule has 0 aliphatic heterocycles. The van der Waals surface area contributed by atoms with Gasteiger partial charge in [0.2, 0.25) is 5.91 Å². The second-order valence-corrected chi connectivity index (χ2v) is 4.63. The topological polar surface area (TPSA) is 45.2 Å². The number of rotatable bonds is 6. The predicted molar refractivity (Wildman–Crippen MR) is 82.8 cm³/mol. The molecule has 106 valence electrons. The zero-order chi connectivity index (χ0) is 14.4. The number of hydrogen-bond donors (Lipinski definition) is 1. The summed E-state index contributed by atoms with van der Waals surface area (Å²) >= 11 is 0. The third kappa shape index (κ3) is 3.47. The van der Waals surface area contributed by atoms with Crippen LogP contribution < -0.4 is 5.32 Å². The lowest BCUT2D eigenvalue weighted by Crippen LogP contribution is -2.31. The monoisotopic (exact) mass is 271 g/mol. The molecule has 4 heteroatoms. The third-order valence-corrected chi connectivity index (χ3v) is 3.36. The molecule has 0 aliphatic rings. The zero-order valence-corrected chi connectivity index (χ0v) is 12.1. The van der Waals surface area contributed by atoms with Crippen molar-refractivity contribution in [3.63, 3.8) is 0 Å². The lowest BCUT2D eigenvalue weighted by atomic mass is 10.2. The standard InChI is InChI=1S/C16H21N3O/c1-3-19(4-2)16(20)11-12-17-15-10-9-13-7-5-6-8-14(13)18-15/h5-10H,3-4,11-12H2,1-2H3,(H,17,18). The van der Waals surface area contributed by atoms with E-state index in [0.717, 1.165) is 29.8 Å². The number of hydrogen-bond acceptors (Lipinski definition) is 3. The van der Waals surface area contributed by atoms with Gasteiger partial charge in [-0.25, -0.2) is 4.98 Å². The van der Waals surface area contributed by atoms with Crippen LogP contribution in [-0.2, 0) is 4.79 Å². The van der Waals surface area contributed by atoms with Crippen LogP contribution in [-0.4, -0.2) is 35.4 Å². The highest BCUT2D eigenvalue weighted by atomic mass is 16.2. The number of benzene rings is 1. The van der Waals surface area contributed by atoms with Gasteiger partial charge in [-0.2, -0.15) is 0 Å². The van der Waals surface area contributed by atoms with Crippen LogP contribution in [0.5, 0.6) is 0 Å². The summed E-state index contributed by atoms with van der Waals surface area (Å²) in [5.41, 5.74) is 0.965. The number of anilines is 1. The molecule has 0 fully saturated rings. The minimum absolute atomic E-state index is 0.184. The van der Waals surface area contributed by atoms with Gasteiger partial charge in [-0.05, 0) is 32.0 Å². The number of fused-ring (bicyclic) bond motifs is 1. The molecule has 1 amide bonds. The van der Waals surface area contributed by atoms with Crippen LogP contribution in [0.4, 0.5) is 5.82 Å². The molecule has 0 atom stereocenters. The summed E-state index contributed by atoms with van der Waals surface area (Å²) in [6.07, 6.45) is 0.496. The molecule has 1 heterocycles. The van der Waals surface area contributed by atoms with Crippen molar-refractivity contribution >= 4 is 22.6 Å². The van der Waals surface area contributed by atoms with Crippen molar-refractivity contribution < 1.29 is 4.79 Å². The van der Waals surface area contributed by atoms with Gasteiger partial charge < -0.3 is 10.2 Å². The van der Waals surface area contributed by atoms with Gasteiger partial charge in [-0.15, -0.1) is 0 Å². The van der Waals surface area contributed by atoms with E-state index in [2.05, 4.69) is 10.3 Å². The van der Waals surface area contributed by atoms with Crippen molar-refractivity contribution in [1.29, 1.82) is 0 Å². The minimum atomic E-state index is 0.184. The van der Waals surface area contributed by atoms with Gasteiger partial charge in [0, 0.05) is 31.4 Å². The van der Waals surface area contributed by atoms with Gasteiger partial charge in [0.05, 0.1) is 5.52 Å². The number of carbonyl (C=O) groups is 1. The number of nitrogens with one attached hydrogen (secondary N) is 1. The van der Waals surface area contributed by atoms with Crippen LogP contribution in [0.1, 0.15) is 20.3 Å². The Balaban J connectivity index is 1.91. The van der Waals surface area contributed by atoms with Gasteiger partial charge in [-0.1, -0.05) is 18.2 Å². The quantitative estimate of drug-likeness (QED) is 0.878. The fourth-order valence-electron chi connectivity index (χ4n) is 2.20. The maximum atomic E-state index is 11.9. The van der Waals surface area contributed by atoms with E-state index in [0.29, 0.717) is 13.0 Å². The Bertz CT molecular complexity index is 579. The Kier molecular flexibility index (Phi) is 4.93. The average molecular weight is 271 g/mol. The number of nitrogens with zero attached hydrogens (tertiary/aromatic N) is 2. The van der Waals surface area contributed by atoms with Crippen molar-refractivity contribution in [2.24, 2.45) is 0 Å². The second-order valence-electron chi connectivity index (χ2n) is 4.63. The molecule has 0 spiro atoms. The highest BCUT2D eigenvalue weighted by molar-refractivity contribution is 5.80. The van der Waals surface area contributed by atoms with E-state index < -0.39 is 0 Å². The molecule has 0 bridgehead atoms. The Morgan fingerprint density at radius 3 is 2.65 bits per heavy atom. The molecule has 1 aromatic carbocycles. The normalized spacial score (nSPS) is 10.5. The van der Waals surface area contributed by atoms with Crippen LogP contribution >= 0.6 is 0 Å². The van der Waals surface area contributed by atoms with Crippen LogP contribution in [0, 0.1) is 0 Å². The van der Waals surface area contributed by atoms with E-state index in [1.165, 1.54) is 0 Å². The van der Waals surface area contributed by atoms with Crippen LogP contribution in [0.25, 0.3) is 10.9 Å². The minimum Gasteiger partial charge on any atom is -0.370 e. The molecule has 2 aromatic rings. The van der Waals surface area contributed by atoms with Gasteiger partial charge >= 0.3 is 0 Å². The van der Waals surface area contributed by atoms with Gasteiger partial charge in [0.1, 0.15) is 5.82 Å². The third-order valence-electron chi connectivity index (χ3n) is 3.36. The lowest BCUT2D eigenvalue weighted by Gasteiger charge is -2.18. The molecular formula is C16H21N3O. The SMILES string of the molecule is CCN(CC)C(=O)CCNc1ccc2ccccc2n1. The lowest BCUT2D eigenvalue weighted by molar-refractivity contribution is -0.130. The highest BCUT2D eigenvalue weighted by Gasteiger charge is 2.08. The summed E-state index contributed by atoms with van der Waals surface area (Å²) in [4.78, 5) is 18.2. The van der Waals surface area contributed by atoms with Crippen molar-refractivity contribution in [2.75, 3.05) is 25.0 Å². The molecule has 20 heavy (non-hydrogen) atoms. The number of para-hydroxylation sites is 1. The summed E-state index contributed by atoms with van der Waals surface area (Å²) in [6.45, 7) is 6.15. The molecule has 1 N–H and O–H groups in total. The van der Waals surface area contributed by atoms with Crippen LogP contribution in [0.3, 0.4) is 0 Å². The summed E-state index contributed by atoms with van der Waals surface area (Å²) in [5, 5.41) is 4.33. The number of carbonyl (C=O) groups excluding carboxylic acids is 1. The van der Waals surface area contributed by atoms with Gasteiger partial charge in [-0.3, -0.25) is 4.79 Å². The molecule has 1 aromatic heterocycles. The molecule has 0 aliphatic carbocycles. The van der Waals surface area contributed by atoms with E-state index in [9.17, 15) is 4.79 Å². The summed E-state index contributed by atoms with van der Waals surface area (Å²) in [5.74, 6) is 0.999. The smallest absolute Gasteiger partial charge is 0.224 e. The molecular weight excluding hydrogens is 250 g/mol. The summed E-state index contributed by atoms with van der Waals surface area (Å²) in [6, 6.07) is 12.0. The molecule has 0 unspecified atom stereocenters. The molecule has 0 radical (unpaired) electrons. The molecule has 0 saturated heterocycles. The van der Waals surface area contributed by atoms with Crippen molar-refractivity contribution in [1.82, 2.24) is 9.88 Å².